The van der Waals surface area contributed by atoms with Crippen LogP contribution < -0.4 is 0 Å². The summed E-state index contributed by atoms with van der Waals surface area (Å²) in [6, 6.07) is 0. The van der Waals surface area contributed by atoms with E-state index in [1.54, 1.807) is 0 Å². The van der Waals surface area contributed by atoms with Gasteiger partial charge in [-0.3, -0.25) is 4.79 Å². The molecule has 0 rings (SSSR count). The predicted molar refractivity (Wildman–Crippen MR) is 33.4 cm³/mol. The van der Waals surface area contributed by atoms with E-state index < -0.39 is 5.97 Å². The zero-order valence-corrected chi connectivity index (χ0v) is 5.37. The summed E-state index contributed by atoms with van der Waals surface area (Å²) >= 11 is 0. The van der Waals surface area contributed by atoms with Gasteiger partial charge in [-0.15, -0.1) is 0 Å². The minimum absolute atomic E-state index is 0.0434. The standard InChI is InChI=1S/C6H8O4/c1-5(6(8)9)2-3-10-4-7/h4H,1-3H2,(H,8,9). The molecule has 0 aromatic carbocycles. The fourth-order valence-corrected chi connectivity index (χ4v) is 0.337. The van der Waals surface area contributed by atoms with Crippen LogP contribution in [0.15, 0.2) is 12.2 Å². The molecular weight excluding hydrogens is 136 g/mol. The molecule has 0 aromatic rings. The Kier molecular flexibility index (Phi) is 3.95. The first-order valence-corrected chi connectivity index (χ1v) is 2.64. The summed E-state index contributed by atoms with van der Waals surface area (Å²) in [6.07, 6.45) is 0.175. The van der Waals surface area contributed by atoms with Gasteiger partial charge in [0.1, 0.15) is 0 Å². The lowest BCUT2D eigenvalue weighted by atomic mass is 10.2. The molecular formula is C6H8O4. The first-order valence-electron chi connectivity index (χ1n) is 2.64. The van der Waals surface area contributed by atoms with Crippen LogP contribution in [0.25, 0.3) is 0 Å². The molecule has 0 fully saturated rings. The van der Waals surface area contributed by atoms with Gasteiger partial charge in [0, 0.05) is 12.0 Å². The monoisotopic (exact) mass is 144 g/mol. The molecule has 4 heteroatoms. The molecule has 4 nitrogen and oxygen atoms in total. The van der Waals surface area contributed by atoms with E-state index in [1.807, 2.05) is 0 Å². The average Bonchev–Trinajstić information content (AvgIpc) is 1.88. The summed E-state index contributed by atoms with van der Waals surface area (Å²) in [5.41, 5.74) is 0.0434. The van der Waals surface area contributed by atoms with Crippen LogP contribution in [0.4, 0.5) is 0 Å². The Bertz CT molecular complexity index is 150. The van der Waals surface area contributed by atoms with Crippen LogP contribution in [0.5, 0.6) is 0 Å². The van der Waals surface area contributed by atoms with Crippen molar-refractivity contribution < 1.29 is 19.4 Å². The molecule has 0 saturated heterocycles. The van der Waals surface area contributed by atoms with E-state index in [4.69, 9.17) is 5.11 Å². The van der Waals surface area contributed by atoms with Crippen molar-refractivity contribution in [2.45, 2.75) is 6.42 Å². The Balaban J connectivity index is 3.40. The van der Waals surface area contributed by atoms with E-state index in [-0.39, 0.29) is 25.1 Å². The number of ether oxygens (including phenoxy) is 1. The number of carboxylic acid groups (broad SMARTS) is 1. The third-order valence-corrected chi connectivity index (χ3v) is 0.892. The van der Waals surface area contributed by atoms with Gasteiger partial charge >= 0.3 is 5.97 Å². The molecule has 0 atom stereocenters. The lowest BCUT2D eigenvalue weighted by molar-refractivity contribution is -0.134. The zero-order valence-electron chi connectivity index (χ0n) is 5.37. The number of hydrogen-bond acceptors (Lipinski definition) is 3. The van der Waals surface area contributed by atoms with Crippen molar-refractivity contribution >= 4 is 12.4 Å². The fourth-order valence-electron chi connectivity index (χ4n) is 0.337. The predicted octanol–water partition coefficient (Wildman–Crippen LogP) is 0.190. The van der Waals surface area contributed by atoms with Crippen LogP contribution in [0.2, 0.25) is 0 Å². The zero-order chi connectivity index (χ0) is 7.98. The van der Waals surface area contributed by atoms with E-state index in [0.717, 1.165) is 0 Å². The van der Waals surface area contributed by atoms with Gasteiger partial charge in [0.05, 0.1) is 6.61 Å². The van der Waals surface area contributed by atoms with Crippen LogP contribution in [-0.2, 0) is 14.3 Å². The van der Waals surface area contributed by atoms with Crippen molar-refractivity contribution in [3.8, 4) is 0 Å². The second-order valence-corrected chi connectivity index (χ2v) is 1.63. The lowest BCUT2D eigenvalue weighted by Gasteiger charge is -1.96. The molecule has 0 aliphatic carbocycles. The van der Waals surface area contributed by atoms with Gasteiger partial charge < -0.3 is 9.84 Å². The van der Waals surface area contributed by atoms with Crippen LogP contribution >= 0.6 is 0 Å². The average molecular weight is 144 g/mol. The Morgan fingerprint density at radius 1 is 1.70 bits per heavy atom. The number of aliphatic carboxylic acids is 1. The molecule has 0 bridgehead atoms. The van der Waals surface area contributed by atoms with Crippen LogP contribution in [0.1, 0.15) is 6.42 Å². The number of carbonyl (C=O) groups excluding carboxylic acids is 1. The van der Waals surface area contributed by atoms with E-state index in [0.29, 0.717) is 0 Å². The van der Waals surface area contributed by atoms with Crippen molar-refractivity contribution in [1.82, 2.24) is 0 Å². The van der Waals surface area contributed by atoms with Crippen molar-refractivity contribution in [1.29, 1.82) is 0 Å². The second-order valence-electron chi connectivity index (χ2n) is 1.63. The molecule has 0 aromatic heterocycles. The highest BCUT2D eigenvalue weighted by atomic mass is 16.5. The van der Waals surface area contributed by atoms with Crippen molar-refractivity contribution in [3.63, 3.8) is 0 Å². The maximum absolute atomic E-state index is 10.1. The molecule has 0 heterocycles. The van der Waals surface area contributed by atoms with Gasteiger partial charge in [0.2, 0.25) is 0 Å². The number of carboxylic acids is 1. The van der Waals surface area contributed by atoms with Gasteiger partial charge in [-0.2, -0.15) is 0 Å². The maximum atomic E-state index is 10.1. The molecule has 0 unspecified atom stereocenters. The van der Waals surface area contributed by atoms with Crippen LogP contribution in [0.3, 0.4) is 0 Å². The Morgan fingerprint density at radius 3 is 2.70 bits per heavy atom. The molecule has 10 heavy (non-hydrogen) atoms. The molecule has 0 saturated carbocycles. The smallest absolute Gasteiger partial charge is 0.331 e. The molecule has 0 aliphatic rings. The lowest BCUT2D eigenvalue weighted by Crippen LogP contribution is -2.02. The second kappa shape index (κ2) is 4.55. The van der Waals surface area contributed by atoms with Crippen LogP contribution in [-0.4, -0.2) is 24.2 Å². The molecule has 56 valence electrons. The Morgan fingerprint density at radius 2 is 2.30 bits per heavy atom. The quantitative estimate of drug-likeness (QED) is 0.340. The van der Waals surface area contributed by atoms with Crippen LogP contribution in [0, 0.1) is 0 Å². The topological polar surface area (TPSA) is 63.6 Å². The van der Waals surface area contributed by atoms with E-state index in [9.17, 15) is 9.59 Å². The van der Waals surface area contributed by atoms with Crippen molar-refractivity contribution in [2.24, 2.45) is 0 Å². The Hall–Kier alpha value is -1.32. The first kappa shape index (κ1) is 8.68. The third kappa shape index (κ3) is 3.65. The number of carbonyl (C=O) groups is 2. The number of rotatable bonds is 5. The minimum Gasteiger partial charge on any atom is -0.478 e. The fraction of sp³-hybridized carbons (Fsp3) is 0.333. The summed E-state index contributed by atoms with van der Waals surface area (Å²) in [4.78, 5) is 19.6. The minimum atomic E-state index is -1.06. The summed E-state index contributed by atoms with van der Waals surface area (Å²) in [6.45, 7) is 3.58. The normalized spacial score (nSPS) is 8.40. The summed E-state index contributed by atoms with van der Waals surface area (Å²) < 4.78 is 4.25. The SMILES string of the molecule is C=C(CCOC=O)C(=O)O. The van der Waals surface area contributed by atoms with E-state index in [2.05, 4.69) is 11.3 Å². The highest BCUT2D eigenvalue weighted by Gasteiger charge is 2.01. The summed E-state index contributed by atoms with van der Waals surface area (Å²) in [5.74, 6) is -1.06. The van der Waals surface area contributed by atoms with Crippen molar-refractivity contribution in [3.05, 3.63) is 12.2 Å². The molecule has 0 amide bonds. The van der Waals surface area contributed by atoms with E-state index >= 15 is 0 Å². The molecule has 0 radical (unpaired) electrons. The van der Waals surface area contributed by atoms with Gasteiger partial charge in [-0.25, -0.2) is 4.79 Å². The maximum Gasteiger partial charge on any atom is 0.331 e. The Labute approximate surface area is 58.1 Å². The first-order chi connectivity index (χ1) is 4.68. The van der Waals surface area contributed by atoms with Gasteiger partial charge in [0.25, 0.3) is 6.47 Å². The summed E-state index contributed by atoms with van der Waals surface area (Å²) in [5, 5.41) is 8.24. The van der Waals surface area contributed by atoms with Gasteiger partial charge in [0.15, 0.2) is 0 Å². The summed E-state index contributed by atoms with van der Waals surface area (Å²) in [7, 11) is 0. The molecule has 0 aliphatic heterocycles. The van der Waals surface area contributed by atoms with E-state index in [1.165, 1.54) is 0 Å². The van der Waals surface area contributed by atoms with Gasteiger partial charge in [-0.1, -0.05) is 6.58 Å². The highest BCUT2D eigenvalue weighted by molar-refractivity contribution is 5.85. The molecule has 1 N–H and O–H groups in total. The van der Waals surface area contributed by atoms with Gasteiger partial charge in [-0.05, 0) is 0 Å². The van der Waals surface area contributed by atoms with Crippen molar-refractivity contribution in [2.75, 3.05) is 6.61 Å². The number of hydrogen-bond donors (Lipinski definition) is 1. The molecule has 0 spiro atoms. The third-order valence-electron chi connectivity index (χ3n) is 0.892. The highest BCUT2D eigenvalue weighted by Crippen LogP contribution is 1.96. The largest absolute Gasteiger partial charge is 0.478 e.